The summed E-state index contributed by atoms with van der Waals surface area (Å²) in [5, 5.41) is 9.98. The molecule has 0 saturated carbocycles. The molecule has 1 N–H and O–H groups in total. The first-order valence-corrected chi connectivity index (χ1v) is 6.28. The first-order valence-electron chi connectivity index (χ1n) is 6.28. The molecule has 18 heavy (non-hydrogen) atoms. The number of rotatable bonds is 1. The Balaban J connectivity index is 1.76. The van der Waals surface area contributed by atoms with E-state index in [1.54, 1.807) is 0 Å². The van der Waals surface area contributed by atoms with Crippen LogP contribution in [0.2, 0.25) is 0 Å². The summed E-state index contributed by atoms with van der Waals surface area (Å²) in [6.07, 6.45) is -2.05. The summed E-state index contributed by atoms with van der Waals surface area (Å²) in [6.45, 7) is 7.78. The second kappa shape index (κ2) is 3.88. The maximum atomic E-state index is 9.98. The number of aliphatic hydroxyl groups is 1. The molecule has 6 nitrogen and oxygen atoms in total. The third-order valence-electron chi connectivity index (χ3n) is 3.53. The van der Waals surface area contributed by atoms with Crippen LogP contribution >= 0.6 is 0 Å². The van der Waals surface area contributed by atoms with Gasteiger partial charge in [0.1, 0.15) is 6.10 Å². The maximum Gasteiger partial charge on any atom is 0.190 e. The van der Waals surface area contributed by atoms with Crippen LogP contribution in [0.3, 0.4) is 0 Å². The standard InChI is InChI=1S/C12H20O6/c1-11(2)14-5-6(16-11)7-8-10(15-9(7)13)18-12(3,4)17-8/h6-10,13H,5H2,1-4H3/t6-,7-,8-,9-,10-/m0/s1. The summed E-state index contributed by atoms with van der Waals surface area (Å²) < 4.78 is 28.1. The van der Waals surface area contributed by atoms with Gasteiger partial charge in [0.15, 0.2) is 24.2 Å². The minimum absolute atomic E-state index is 0.248. The molecule has 0 aromatic carbocycles. The average Bonchev–Trinajstić information content (AvgIpc) is 2.75. The van der Waals surface area contributed by atoms with E-state index in [1.165, 1.54) is 0 Å². The molecule has 0 bridgehead atoms. The van der Waals surface area contributed by atoms with Gasteiger partial charge in [0.2, 0.25) is 0 Å². The molecule has 6 heteroatoms. The predicted octanol–water partition coefficient (Wildman–Crippen LogP) is 0.580. The molecular weight excluding hydrogens is 240 g/mol. The highest BCUT2D eigenvalue weighted by atomic mass is 16.9. The molecule has 3 heterocycles. The van der Waals surface area contributed by atoms with Gasteiger partial charge in [-0.3, -0.25) is 0 Å². The lowest BCUT2D eigenvalue weighted by Crippen LogP contribution is -2.40. The minimum atomic E-state index is -0.946. The Morgan fingerprint density at radius 1 is 1.00 bits per heavy atom. The summed E-state index contributed by atoms with van der Waals surface area (Å²) in [5.74, 6) is -1.61. The Bertz CT molecular complexity index is 341. The zero-order valence-electron chi connectivity index (χ0n) is 11.1. The fourth-order valence-electron chi connectivity index (χ4n) is 2.81. The second-order valence-electron chi connectivity index (χ2n) is 5.94. The van der Waals surface area contributed by atoms with E-state index in [0.29, 0.717) is 6.61 Å². The number of aliphatic hydroxyl groups excluding tert-OH is 1. The van der Waals surface area contributed by atoms with Crippen molar-refractivity contribution >= 4 is 0 Å². The first kappa shape index (κ1) is 12.8. The highest BCUT2D eigenvalue weighted by molar-refractivity contribution is 4.94. The fourth-order valence-corrected chi connectivity index (χ4v) is 2.81. The summed E-state index contributed by atoms with van der Waals surface area (Å²) in [7, 11) is 0. The minimum Gasteiger partial charge on any atom is -0.367 e. The number of hydrogen-bond acceptors (Lipinski definition) is 6. The van der Waals surface area contributed by atoms with E-state index in [0.717, 1.165) is 0 Å². The molecule has 3 rings (SSSR count). The van der Waals surface area contributed by atoms with Crippen LogP contribution in [0, 0.1) is 5.92 Å². The highest BCUT2D eigenvalue weighted by Gasteiger charge is 2.58. The van der Waals surface area contributed by atoms with Crippen LogP contribution in [0.1, 0.15) is 27.7 Å². The first-order chi connectivity index (χ1) is 8.27. The second-order valence-corrected chi connectivity index (χ2v) is 5.94. The Kier molecular flexibility index (Phi) is 2.75. The Morgan fingerprint density at radius 2 is 1.72 bits per heavy atom. The molecule has 5 atom stereocenters. The van der Waals surface area contributed by atoms with Crippen molar-refractivity contribution in [2.24, 2.45) is 5.92 Å². The molecule has 0 unspecified atom stereocenters. The van der Waals surface area contributed by atoms with Gasteiger partial charge >= 0.3 is 0 Å². The number of fused-ring (bicyclic) bond motifs is 1. The van der Waals surface area contributed by atoms with Crippen LogP contribution < -0.4 is 0 Å². The molecule has 0 aromatic heterocycles. The lowest BCUT2D eigenvalue weighted by molar-refractivity contribution is -0.250. The largest absolute Gasteiger partial charge is 0.367 e. The Labute approximate surface area is 106 Å². The van der Waals surface area contributed by atoms with E-state index in [2.05, 4.69) is 0 Å². The van der Waals surface area contributed by atoms with E-state index in [9.17, 15) is 5.11 Å². The van der Waals surface area contributed by atoms with Crippen molar-refractivity contribution in [3.05, 3.63) is 0 Å². The monoisotopic (exact) mass is 260 g/mol. The molecule has 0 radical (unpaired) electrons. The van der Waals surface area contributed by atoms with Gasteiger partial charge in [-0.1, -0.05) is 0 Å². The van der Waals surface area contributed by atoms with Gasteiger partial charge in [-0.2, -0.15) is 0 Å². The third-order valence-corrected chi connectivity index (χ3v) is 3.53. The molecular formula is C12H20O6. The zero-order valence-corrected chi connectivity index (χ0v) is 11.1. The topological polar surface area (TPSA) is 66.4 Å². The van der Waals surface area contributed by atoms with E-state index in [4.69, 9.17) is 23.7 Å². The van der Waals surface area contributed by atoms with Gasteiger partial charge in [-0.05, 0) is 27.7 Å². The molecule has 3 aliphatic heterocycles. The van der Waals surface area contributed by atoms with Crippen LogP contribution in [0.25, 0.3) is 0 Å². The van der Waals surface area contributed by atoms with Gasteiger partial charge in [0.05, 0.1) is 18.6 Å². The molecule has 0 amide bonds. The van der Waals surface area contributed by atoms with Crippen LogP contribution in [0.5, 0.6) is 0 Å². The molecule has 0 aromatic rings. The Hall–Kier alpha value is -0.240. The van der Waals surface area contributed by atoms with Crippen molar-refractivity contribution in [1.29, 1.82) is 0 Å². The number of hydrogen-bond donors (Lipinski definition) is 1. The van der Waals surface area contributed by atoms with Gasteiger partial charge in [-0.25, -0.2) is 0 Å². The quantitative estimate of drug-likeness (QED) is 0.744. The van der Waals surface area contributed by atoms with E-state index < -0.39 is 24.2 Å². The van der Waals surface area contributed by atoms with Crippen molar-refractivity contribution in [2.75, 3.05) is 6.61 Å². The molecule has 104 valence electrons. The van der Waals surface area contributed by atoms with Crippen molar-refractivity contribution in [1.82, 2.24) is 0 Å². The Morgan fingerprint density at radius 3 is 2.33 bits per heavy atom. The van der Waals surface area contributed by atoms with Gasteiger partial charge in [0.25, 0.3) is 0 Å². The van der Waals surface area contributed by atoms with Crippen LogP contribution in [-0.4, -0.2) is 48.1 Å². The summed E-state index contributed by atoms with van der Waals surface area (Å²) >= 11 is 0. The predicted molar refractivity (Wildman–Crippen MR) is 59.3 cm³/mol. The van der Waals surface area contributed by atoms with Crippen LogP contribution in [0.15, 0.2) is 0 Å². The zero-order chi connectivity index (χ0) is 13.1. The van der Waals surface area contributed by atoms with Crippen molar-refractivity contribution in [2.45, 2.75) is 64.1 Å². The number of ether oxygens (including phenoxy) is 5. The van der Waals surface area contributed by atoms with Crippen LogP contribution in [-0.2, 0) is 23.7 Å². The molecule has 0 spiro atoms. The average molecular weight is 260 g/mol. The van der Waals surface area contributed by atoms with E-state index in [-0.39, 0.29) is 18.1 Å². The van der Waals surface area contributed by atoms with E-state index >= 15 is 0 Å². The van der Waals surface area contributed by atoms with Crippen molar-refractivity contribution in [3.63, 3.8) is 0 Å². The van der Waals surface area contributed by atoms with Gasteiger partial charge < -0.3 is 28.8 Å². The molecule has 3 fully saturated rings. The van der Waals surface area contributed by atoms with Crippen molar-refractivity contribution in [3.8, 4) is 0 Å². The van der Waals surface area contributed by atoms with Gasteiger partial charge in [-0.15, -0.1) is 0 Å². The molecule has 3 saturated heterocycles. The SMILES string of the molecule is CC1(C)O[C@@H]2O[C@H](O)[C@@H]([C@@H]3COC(C)(C)O3)[C@@H]2O1. The lowest BCUT2D eigenvalue weighted by atomic mass is 9.97. The lowest BCUT2D eigenvalue weighted by Gasteiger charge is -2.27. The molecule has 3 aliphatic rings. The fraction of sp³-hybridized carbons (Fsp3) is 1.00. The molecule has 0 aliphatic carbocycles. The maximum absolute atomic E-state index is 9.98. The smallest absolute Gasteiger partial charge is 0.190 e. The summed E-state index contributed by atoms with van der Waals surface area (Å²) in [6, 6.07) is 0. The van der Waals surface area contributed by atoms with E-state index in [1.807, 2.05) is 27.7 Å². The third kappa shape index (κ3) is 2.07. The van der Waals surface area contributed by atoms with Crippen molar-refractivity contribution < 1.29 is 28.8 Å². The normalized spacial score (nSPS) is 49.5. The highest BCUT2D eigenvalue weighted by Crippen LogP contribution is 2.43. The van der Waals surface area contributed by atoms with Crippen LogP contribution in [0.4, 0.5) is 0 Å². The van der Waals surface area contributed by atoms with Gasteiger partial charge in [0, 0.05) is 0 Å². The summed E-state index contributed by atoms with van der Waals surface area (Å²) in [5.41, 5.74) is 0. The summed E-state index contributed by atoms with van der Waals surface area (Å²) in [4.78, 5) is 0.